The molecule has 0 amide bonds. The first kappa shape index (κ1) is 16.2. The zero-order valence-corrected chi connectivity index (χ0v) is 12.5. The molecule has 1 unspecified atom stereocenters. The Morgan fingerprint density at radius 3 is 2.67 bits per heavy atom. The Kier molecular flexibility index (Phi) is 5.94. The van der Waals surface area contributed by atoms with E-state index in [1.165, 1.54) is 12.1 Å². The van der Waals surface area contributed by atoms with Crippen molar-refractivity contribution >= 4 is 5.69 Å². The smallest absolute Gasteiger partial charge is 0.149 e. The molecule has 3 nitrogen and oxygen atoms in total. The lowest BCUT2D eigenvalue weighted by molar-refractivity contribution is 0.279. The molecule has 0 radical (unpaired) electrons. The highest BCUT2D eigenvalue weighted by molar-refractivity contribution is 5.52. The summed E-state index contributed by atoms with van der Waals surface area (Å²) in [6, 6.07) is 2.96. The number of hydrogen-bond donors (Lipinski definition) is 2. The van der Waals surface area contributed by atoms with Gasteiger partial charge in [-0.3, -0.25) is 0 Å². The van der Waals surface area contributed by atoms with Crippen molar-refractivity contribution < 1.29 is 13.9 Å². The van der Waals surface area contributed by atoms with Crippen LogP contribution in [0.2, 0.25) is 0 Å². The molecule has 5 heteroatoms. The van der Waals surface area contributed by atoms with Crippen molar-refractivity contribution in [1.29, 1.82) is 0 Å². The second-order valence-electron chi connectivity index (χ2n) is 5.54. The minimum Gasteiger partial charge on any atom is -0.396 e. The van der Waals surface area contributed by atoms with E-state index in [9.17, 15) is 8.78 Å². The number of nitrogens with one attached hydrogen (secondary N) is 1. The number of aliphatic hydroxyl groups excluding tert-OH is 1. The Morgan fingerprint density at radius 1 is 1.33 bits per heavy atom. The van der Waals surface area contributed by atoms with Gasteiger partial charge in [-0.2, -0.15) is 0 Å². The van der Waals surface area contributed by atoms with Crippen molar-refractivity contribution in [3.8, 4) is 0 Å². The molecule has 1 aromatic rings. The maximum absolute atomic E-state index is 14.3. The number of anilines is 1. The van der Waals surface area contributed by atoms with Gasteiger partial charge in [0.25, 0.3) is 0 Å². The quantitative estimate of drug-likeness (QED) is 0.812. The largest absolute Gasteiger partial charge is 0.396 e. The van der Waals surface area contributed by atoms with Gasteiger partial charge in [-0.25, -0.2) is 8.78 Å². The van der Waals surface area contributed by atoms with Crippen LogP contribution in [0.25, 0.3) is 0 Å². The van der Waals surface area contributed by atoms with Crippen molar-refractivity contribution in [3.63, 3.8) is 0 Å². The van der Waals surface area contributed by atoms with Gasteiger partial charge in [-0.05, 0) is 49.9 Å². The number of rotatable bonds is 7. The molecule has 0 spiro atoms. The molecule has 1 heterocycles. The van der Waals surface area contributed by atoms with E-state index in [2.05, 4.69) is 5.32 Å². The number of aliphatic hydroxyl groups is 1. The van der Waals surface area contributed by atoms with E-state index in [1.807, 2.05) is 11.8 Å². The van der Waals surface area contributed by atoms with E-state index in [0.717, 1.165) is 25.8 Å². The Balaban J connectivity index is 2.18. The molecule has 1 aliphatic heterocycles. The van der Waals surface area contributed by atoms with Gasteiger partial charge in [0.1, 0.15) is 17.3 Å². The first-order chi connectivity index (χ1) is 10.2. The highest BCUT2D eigenvalue weighted by Crippen LogP contribution is 2.33. The lowest BCUT2D eigenvalue weighted by Crippen LogP contribution is -2.31. The van der Waals surface area contributed by atoms with Crippen LogP contribution in [-0.2, 0) is 6.54 Å². The third-order valence-electron chi connectivity index (χ3n) is 4.02. The first-order valence-electron chi connectivity index (χ1n) is 7.73. The summed E-state index contributed by atoms with van der Waals surface area (Å²) in [7, 11) is 0. The van der Waals surface area contributed by atoms with Gasteiger partial charge in [-0.15, -0.1) is 0 Å². The molecule has 1 aliphatic rings. The van der Waals surface area contributed by atoms with Crippen LogP contribution in [0.5, 0.6) is 0 Å². The lowest BCUT2D eigenvalue weighted by atomic mass is 10.1. The van der Waals surface area contributed by atoms with E-state index in [1.54, 1.807) is 0 Å². The van der Waals surface area contributed by atoms with Crippen LogP contribution in [0, 0.1) is 11.6 Å². The summed E-state index contributed by atoms with van der Waals surface area (Å²) >= 11 is 0. The molecule has 1 atom stereocenters. The zero-order valence-electron chi connectivity index (χ0n) is 12.5. The summed E-state index contributed by atoms with van der Waals surface area (Å²) in [5, 5.41) is 12.0. The summed E-state index contributed by atoms with van der Waals surface area (Å²) in [6.45, 7) is 3.99. The van der Waals surface area contributed by atoms with E-state index < -0.39 is 11.6 Å². The molecule has 1 aromatic carbocycles. The van der Waals surface area contributed by atoms with E-state index in [4.69, 9.17) is 5.11 Å². The van der Waals surface area contributed by atoms with Crippen LogP contribution in [0.15, 0.2) is 12.1 Å². The minimum absolute atomic E-state index is 0.0932. The van der Waals surface area contributed by atoms with E-state index >= 15 is 0 Å². The topological polar surface area (TPSA) is 35.5 Å². The van der Waals surface area contributed by atoms with Gasteiger partial charge < -0.3 is 15.3 Å². The second-order valence-corrected chi connectivity index (χ2v) is 5.54. The van der Waals surface area contributed by atoms with Crippen LogP contribution in [-0.4, -0.2) is 30.8 Å². The maximum Gasteiger partial charge on any atom is 0.149 e. The van der Waals surface area contributed by atoms with Crippen LogP contribution in [0.1, 0.15) is 38.2 Å². The summed E-state index contributed by atoms with van der Waals surface area (Å²) in [5.41, 5.74) is 0.720. The minimum atomic E-state index is -0.487. The molecule has 21 heavy (non-hydrogen) atoms. The number of halogens is 2. The van der Waals surface area contributed by atoms with Gasteiger partial charge in [0.2, 0.25) is 0 Å². The molecule has 0 aromatic heterocycles. The second kappa shape index (κ2) is 7.71. The van der Waals surface area contributed by atoms with Gasteiger partial charge in [-0.1, -0.05) is 6.92 Å². The average Bonchev–Trinajstić information content (AvgIpc) is 2.90. The van der Waals surface area contributed by atoms with Crippen LogP contribution >= 0.6 is 0 Å². The molecule has 1 saturated heterocycles. The van der Waals surface area contributed by atoms with Gasteiger partial charge in [0.15, 0.2) is 0 Å². The molecule has 1 fully saturated rings. The molecular formula is C16H24F2N2O. The van der Waals surface area contributed by atoms with Crippen molar-refractivity contribution in [1.82, 2.24) is 5.32 Å². The number of nitrogens with zero attached hydrogens (tertiary/aromatic N) is 1. The van der Waals surface area contributed by atoms with E-state index in [-0.39, 0.29) is 18.3 Å². The highest BCUT2D eigenvalue weighted by Gasteiger charge is 2.28. The monoisotopic (exact) mass is 298 g/mol. The standard InChI is InChI=1S/C16H24F2N2O/c1-2-19-11-12-9-14(17)16(15(18)10-12)20-7-3-5-13(20)6-4-8-21/h9-10,13,19,21H,2-8,11H2,1H3. The first-order valence-corrected chi connectivity index (χ1v) is 7.73. The molecule has 0 aliphatic carbocycles. The summed E-state index contributed by atoms with van der Waals surface area (Å²) < 4.78 is 28.7. The highest BCUT2D eigenvalue weighted by atomic mass is 19.1. The Hall–Kier alpha value is -1.20. The molecule has 2 N–H and O–H groups in total. The fourth-order valence-electron chi connectivity index (χ4n) is 3.02. The van der Waals surface area contributed by atoms with Gasteiger partial charge >= 0.3 is 0 Å². The molecule has 118 valence electrons. The fourth-order valence-corrected chi connectivity index (χ4v) is 3.02. The van der Waals surface area contributed by atoms with Crippen LogP contribution < -0.4 is 10.2 Å². The van der Waals surface area contributed by atoms with Gasteiger partial charge in [0.05, 0.1) is 0 Å². The normalized spacial score (nSPS) is 18.5. The van der Waals surface area contributed by atoms with Crippen molar-refractivity contribution in [2.45, 2.75) is 45.2 Å². The molecule has 0 bridgehead atoms. The predicted octanol–water partition coefficient (Wildman–Crippen LogP) is 2.82. The number of hydrogen-bond acceptors (Lipinski definition) is 3. The van der Waals surface area contributed by atoms with E-state index in [0.29, 0.717) is 25.1 Å². The van der Waals surface area contributed by atoms with Gasteiger partial charge in [0, 0.05) is 25.7 Å². The Morgan fingerprint density at radius 2 is 2.05 bits per heavy atom. The molecule has 0 saturated carbocycles. The maximum atomic E-state index is 14.3. The van der Waals surface area contributed by atoms with Crippen molar-refractivity contribution in [3.05, 3.63) is 29.3 Å². The number of benzene rings is 1. The third kappa shape index (κ3) is 3.92. The summed E-state index contributed by atoms with van der Waals surface area (Å²) in [5.74, 6) is -0.974. The van der Waals surface area contributed by atoms with Crippen molar-refractivity contribution in [2.24, 2.45) is 0 Å². The lowest BCUT2D eigenvalue weighted by Gasteiger charge is -2.27. The Labute approximate surface area is 125 Å². The fraction of sp³-hybridized carbons (Fsp3) is 0.625. The third-order valence-corrected chi connectivity index (χ3v) is 4.02. The van der Waals surface area contributed by atoms with Crippen LogP contribution in [0.4, 0.5) is 14.5 Å². The summed E-state index contributed by atoms with van der Waals surface area (Å²) in [4.78, 5) is 1.83. The molecular weight excluding hydrogens is 274 g/mol. The van der Waals surface area contributed by atoms with Crippen LogP contribution in [0.3, 0.4) is 0 Å². The average molecular weight is 298 g/mol. The SMILES string of the molecule is CCNCc1cc(F)c(N2CCCC2CCCO)c(F)c1. The summed E-state index contributed by atoms with van der Waals surface area (Å²) in [6.07, 6.45) is 3.31. The van der Waals surface area contributed by atoms with Crippen molar-refractivity contribution in [2.75, 3.05) is 24.6 Å². The molecule has 2 rings (SSSR count). The predicted molar refractivity (Wildman–Crippen MR) is 80.4 cm³/mol. The zero-order chi connectivity index (χ0) is 15.2. The Bertz CT molecular complexity index is 445.